The summed E-state index contributed by atoms with van der Waals surface area (Å²) in [6, 6.07) is 3.47. The van der Waals surface area contributed by atoms with E-state index in [-0.39, 0.29) is 0 Å². The lowest BCUT2D eigenvalue weighted by Gasteiger charge is -2.05. The maximum Gasteiger partial charge on any atom is 0.341 e. The van der Waals surface area contributed by atoms with Gasteiger partial charge in [-0.25, -0.2) is 9.78 Å². The van der Waals surface area contributed by atoms with Crippen LogP contribution in [0.1, 0.15) is 10.4 Å². The number of rotatable bonds is 3. The largest absolute Gasteiger partial charge is 0.496 e. The number of thiazole rings is 1. The van der Waals surface area contributed by atoms with Gasteiger partial charge in [-0.2, -0.15) is 0 Å². The highest BCUT2D eigenvalue weighted by Gasteiger charge is 2.16. The standard InChI is InChI=1S/C11H12N2O3S/c1-12-11-13-7-5-8(15-2)6(10(14)16-3)4-9(7)17-11/h4-5H,1-3H3,(H,12,13). The molecule has 1 heterocycles. The number of carbonyl (C=O) groups is 1. The fourth-order valence-corrected chi connectivity index (χ4v) is 2.34. The first-order valence-corrected chi connectivity index (χ1v) is 5.76. The molecule has 1 aromatic heterocycles. The lowest BCUT2D eigenvalue weighted by molar-refractivity contribution is 0.0597. The first kappa shape index (κ1) is 11.7. The normalized spacial score (nSPS) is 10.3. The van der Waals surface area contributed by atoms with Crippen LogP contribution >= 0.6 is 11.3 Å². The monoisotopic (exact) mass is 252 g/mol. The zero-order chi connectivity index (χ0) is 12.4. The van der Waals surface area contributed by atoms with E-state index in [1.165, 1.54) is 25.6 Å². The number of ether oxygens (including phenoxy) is 2. The zero-order valence-electron chi connectivity index (χ0n) is 9.73. The number of esters is 1. The van der Waals surface area contributed by atoms with Crippen molar-refractivity contribution in [3.05, 3.63) is 17.7 Å². The Bertz CT molecular complexity index is 565. The first-order valence-electron chi connectivity index (χ1n) is 4.94. The molecule has 6 heteroatoms. The van der Waals surface area contributed by atoms with Gasteiger partial charge < -0.3 is 14.8 Å². The summed E-state index contributed by atoms with van der Waals surface area (Å²) >= 11 is 1.47. The third kappa shape index (κ3) is 2.03. The predicted molar refractivity (Wildman–Crippen MR) is 67.1 cm³/mol. The van der Waals surface area contributed by atoms with E-state index in [2.05, 4.69) is 10.3 Å². The molecule has 0 spiro atoms. The lowest BCUT2D eigenvalue weighted by atomic mass is 10.2. The van der Waals surface area contributed by atoms with E-state index in [9.17, 15) is 4.79 Å². The molecular weight excluding hydrogens is 240 g/mol. The van der Waals surface area contributed by atoms with E-state index in [1.54, 1.807) is 19.2 Å². The van der Waals surface area contributed by atoms with Gasteiger partial charge in [-0.05, 0) is 6.07 Å². The Morgan fingerprint density at radius 1 is 1.41 bits per heavy atom. The number of hydrogen-bond acceptors (Lipinski definition) is 6. The summed E-state index contributed by atoms with van der Waals surface area (Å²) in [5.41, 5.74) is 1.21. The maximum absolute atomic E-state index is 11.6. The second kappa shape index (κ2) is 4.58. The minimum Gasteiger partial charge on any atom is -0.496 e. The molecule has 0 fully saturated rings. The summed E-state index contributed by atoms with van der Waals surface area (Å²) in [5.74, 6) is 0.0560. The summed E-state index contributed by atoms with van der Waals surface area (Å²) < 4.78 is 10.8. The van der Waals surface area contributed by atoms with Gasteiger partial charge in [0.2, 0.25) is 0 Å². The van der Waals surface area contributed by atoms with E-state index in [1.807, 2.05) is 0 Å². The fourth-order valence-electron chi connectivity index (χ4n) is 1.50. The van der Waals surface area contributed by atoms with Crippen molar-refractivity contribution < 1.29 is 14.3 Å². The van der Waals surface area contributed by atoms with Crippen LogP contribution in [0, 0.1) is 0 Å². The van der Waals surface area contributed by atoms with E-state index >= 15 is 0 Å². The van der Waals surface area contributed by atoms with Crippen LogP contribution in [0.5, 0.6) is 5.75 Å². The number of methoxy groups -OCH3 is 2. The minimum atomic E-state index is -0.414. The molecule has 0 bridgehead atoms. The van der Waals surface area contributed by atoms with Crippen molar-refractivity contribution >= 4 is 32.7 Å². The van der Waals surface area contributed by atoms with Crippen LogP contribution in [-0.2, 0) is 4.74 Å². The smallest absolute Gasteiger partial charge is 0.341 e. The van der Waals surface area contributed by atoms with Crippen molar-refractivity contribution in [2.45, 2.75) is 0 Å². The van der Waals surface area contributed by atoms with Crippen LogP contribution < -0.4 is 10.1 Å². The van der Waals surface area contributed by atoms with Gasteiger partial charge in [0, 0.05) is 13.1 Å². The first-order chi connectivity index (χ1) is 8.19. The second-order valence-electron chi connectivity index (χ2n) is 3.28. The SMILES string of the molecule is CNc1nc2cc(OC)c(C(=O)OC)cc2s1. The van der Waals surface area contributed by atoms with E-state index < -0.39 is 5.97 Å². The molecule has 0 radical (unpaired) electrons. The van der Waals surface area contributed by atoms with Gasteiger partial charge in [0.15, 0.2) is 5.13 Å². The van der Waals surface area contributed by atoms with Gasteiger partial charge >= 0.3 is 5.97 Å². The lowest BCUT2D eigenvalue weighted by Crippen LogP contribution is -2.03. The highest BCUT2D eigenvalue weighted by atomic mass is 32.1. The Kier molecular flexibility index (Phi) is 3.14. The summed E-state index contributed by atoms with van der Waals surface area (Å²) in [6.07, 6.45) is 0. The molecule has 17 heavy (non-hydrogen) atoms. The van der Waals surface area contributed by atoms with E-state index in [0.29, 0.717) is 11.3 Å². The zero-order valence-corrected chi connectivity index (χ0v) is 10.6. The quantitative estimate of drug-likeness (QED) is 0.848. The van der Waals surface area contributed by atoms with Crippen LogP contribution in [0.2, 0.25) is 0 Å². The number of nitrogens with zero attached hydrogens (tertiary/aromatic N) is 1. The van der Waals surface area contributed by atoms with Crippen molar-refractivity contribution in [1.82, 2.24) is 4.98 Å². The molecule has 1 aromatic carbocycles. The molecule has 0 aliphatic rings. The Balaban J connectivity index is 2.62. The van der Waals surface area contributed by atoms with Crippen molar-refractivity contribution in [2.75, 3.05) is 26.6 Å². The molecular formula is C11H12N2O3S. The van der Waals surface area contributed by atoms with Gasteiger partial charge in [0.05, 0.1) is 24.4 Å². The van der Waals surface area contributed by atoms with Gasteiger partial charge in [0.1, 0.15) is 11.3 Å². The Labute approximate surface area is 102 Å². The average Bonchev–Trinajstić information content (AvgIpc) is 2.77. The number of carbonyl (C=O) groups excluding carboxylic acids is 1. The number of nitrogens with one attached hydrogen (secondary N) is 1. The van der Waals surface area contributed by atoms with Crippen molar-refractivity contribution in [2.24, 2.45) is 0 Å². The molecule has 0 aliphatic heterocycles. The van der Waals surface area contributed by atoms with Gasteiger partial charge in [-0.3, -0.25) is 0 Å². The summed E-state index contributed by atoms with van der Waals surface area (Å²) in [6.45, 7) is 0. The fraction of sp³-hybridized carbons (Fsp3) is 0.273. The summed E-state index contributed by atoms with van der Waals surface area (Å²) in [4.78, 5) is 15.9. The molecule has 2 aromatic rings. The number of fused-ring (bicyclic) bond motifs is 1. The molecule has 0 unspecified atom stereocenters. The van der Waals surface area contributed by atoms with Crippen LogP contribution in [0.15, 0.2) is 12.1 Å². The van der Waals surface area contributed by atoms with Gasteiger partial charge in [-0.15, -0.1) is 0 Å². The maximum atomic E-state index is 11.6. The van der Waals surface area contributed by atoms with Crippen molar-refractivity contribution in [3.8, 4) is 5.75 Å². The van der Waals surface area contributed by atoms with Gasteiger partial charge in [0.25, 0.3) is 0 Å². The van der Waals surface area contributed by atoms with Crippen LogP contribution in [0.25, 0.3) is 10.2 Å². The van der Waals surface area contributed by atoms with Crippen LogP contribution in [0.3, 0.4) is 0 Å². The van der Waals surface area contributed by atoms with E-state index in [4.69, 9.17) is 9.47 Å². The molecule has 0 saturated heterocycles. The molecule has 0 aliphatic carbocycles. The molecule has 0 amide bonds. The summed E-state index contributed by atoms with van der Waals surface area (Å²) in [5, 5.41) is 3.76. The van der Waals surface area contributed by atoms with Crippen LogP contribution in [0.4, 0.5) is 5.13 Å². The summed E-state index contributed by atoms with van der Waals surface area (Å²) in [7, 11) is 4.66. The molecule has 1 N–H and O–H groups in total. The molecule has 0 saturated carbocycles. The van der Waals surface area contributed by atoms with Crippen molar-refractivity contribution in [3.63, 3.8) is 0 Å². The molecule has 0 atom stereocenters. The number of benzene rings is 1. The average molecular weight is 252 g/mol. The molecule has 2 rings (SSSR count). The van der Waals surface area contributed by atoms with Crippen molar-refractivity contribution in [1.29, 1.82) is 0 Å². The molecule has 5 nitrogen and oxygen atoms in total. The van der Waals surface area contributed by atoms with Crippen LogP contribution in [-0.4, -0.2) is 32.2 Å². The Morgan fingerprint density at radius 2 is 2.18 bits per heavy atom. The highest BCUT2D eigenvalue weighted by molar-refractivity contribution is 7.22. The Morgan fingerprint density at radius 3 is 2.76 bits per heavy atom. The minimum absolute atomic E-state index is 0.411. The number of aromatic nitrogens is 1. The number of anilines is 1. The van der Waals surface area contributed by atoms with Gasteiger partial charge in [-0.1, -0.05) is 11.3 Å². The Hall–Kier alpha value is -1.82. The number of hydrogen-bond donors (Lipinski definition) is 1. The third-order valence-electron chi connectivity index (χ3n) is 2.33. The molecule has 90 valence electrons. The highest BCUT2D eigenvalue weighted by Crippen LogP contribution is 2.31. The second-order valence-corrected chi connectivity index (χ2v) is 4.31. The predicted octanol–water partition coefficient (Wildman–Crippen LogP) is 2.13. The van der Waals surface area contributed by atoms with E-state index in [0.717, 1.165) is 15.3 Å². The topological polar surface area (TPSA) is 60.5 Å². The third-order valence-corrected chi connectivity index (χ3v) is 3.36.